The molecule has 1 fully saturated rings. The molecule has 2 aromatic carbocycles. The van der Waals surface area contributed by atoms with Crippen LogP contribution in [0.2, 0.25) is 5.02 Å². The van der Waals surface area contributed by atoms with Crippen LogP contribution in [0, 0.1) is 0 Å². The van der Waals surface area contributed by atoms with Crippen LogP contribution >= 0.6 is 27.5 Å². The molecule has 0 aromatic heterocycles. The van der Waals surface area contributed by atoms with Crippen LogP contribution in [0.3, 0.4) is 0 Å². The van der Waals surface area contributed by atoms with E-state index in [0.29, 0.717) is 42.3 Å². The van der Waals surface area contributed by atoms with E-state index in [1.807, 2.05) is 6.07 Å². The fourth-order valence-corrected chi connectivity index (χ4v) is 5.07. The quantitative estimate of drug-likeness (QED) is 0.634. The molecule has 2 amide bonds. The number of nitrogens with zero attached hydrogens (tertiary/aromatic N) is 2. The zero-order valence-corrected chi connectivity index (χ0v) is 18.7. The third kappa shape index (κ3) is 6.04. The first-order valence-corrected chi connectivity index (χ1v) is 12.0. The maximum Gasteiger partial charge on any atom is 0.253 e. The van der Waals surface area contributed by atoms with E-state index in [0.717, 1.165) is 4.47 Å². The number of piperazine rings is 1. The number of benzene rings is 2. The molecule has 0 radical (unpaired) electrons. The van der Waals surface area contributed by atoms with Gasteiger partial charge in [-0.3, -0.25) is 9.59 Å². The van der Waals surface area contributed by atoms with Gasteiger partial charge in [-0.2, -0.15) is 0 Å². The molecule has 29 heavy (non-hydrogen) atoms. The van der Waals surface area contributed by atoms with E-state index >= 15 is 0 Å². The van der Waals surface area contributed by atoms with Gasteiger partial charge in [0, 0.05) is 41.2 Å². The highest BCUT2D eigenvalue weighted by molar-refractivity contribution is 9.10. The summed E-state index contributed by atoms with van der Waals surface area (Å²) < 4.78 is 25.6. The SMILES string of the molecule is O=C(CS(=O)(=O)Cc1cccc(Br)c1)N1CCN(C(=O)c2ccc(Cl)cc2)CC1. The number of carbonyl (C=O) groups is 2. The fraction of sp³-hybridized carbons (Fsp3) is 0.300. The Kier molecular flexibility index (Phi) is 6.97. The fourth-order valence-electron chi connectivity index (χ4n) is 3.15. The monoisotopic (exact) mass is 498 g/mol. The van der Waals surface area contributed by atoms with Gasteiger partial charge in [0.05, 0.1) is 5.75 Å². The summed E-state index contributed by atoms with van der Waals surface area (Å²) in [5, 5.41) is 0.557. The summed E-state index contributed by atoms with van der Waals surface area (Å²) in [5.74, 6) is -1.28. The van der Waals surface area contributed by atoms with Gasteiger partial charge in [-0.05, 0) is 42.0 Å². The van der Waals surface area contributed by atoms with Gasteiger partial charge in [0.1, 0.15) is 5.75 Å². The van der Waals surface area contributed by atoms with E-state index < -0.39 is 21.5 Å². The second-order valence-electron chi connectivity index (χ2n) is 6.84. The highest BCUT2D eigenvalue weighted by Gasteiger charge is 2.27. The number of halogens is 2. The Morgan fingerprint density at radius 1 is 0.966 bits per heavy atom. The molecule has 6 nitrogen and oxygen atoms in total. The van der Waals surface area contributed by atoms with E-state index in [2.05, 4.69) is 15.9 Å². The van der Waals surface area contributed by atoms with Crippen LogP contribution in [0.4, 0.5) is 0 Å². The molecule has 0 saturated carbocycles. The Morgan fingerprint density at radius 2 is 1.59 bits per heavy atom. The molecule has 0 atom stereocenters. The lowest BCUT2D eigenvalue weighted by molar-refractivity contribution is -0.129. The highest BCUT2D eigenvalue weighted by Crippen LogP contribution is 2.16. The minimum Gasteiger partial charge on any atom is -0.338 e. The van der Waals surface area contributed by atoms with Crippen molar-refractivity contribution in [1.82, 2.24) is 9.80 Å². The number of hydrogen-bond acceptors (Lipinski definition) is 4. The largest absolute Gasteiger partial charge is 0.338 e. The third-order valence-corrected chi connectivity index (χ3v) is 6.83. The van der Waals surface area contributed by atoms with Gasteiger partial charge in [-0.15, -0.1) is 0 Å². The minimum atomic E-state index is -3.58. The van der Waals surface area contributed by atoms with Crippen LogP contribution in [0.5, 0.6) is 0 Å². The molecule has 3 rings (SSSR count). The molecule has 1 aliphatic rings. The lowest BCUT2D eigenvalue weighted by Crippen LogP contribution is -2.51. The summed E-state index contributed by atoms with van der Waals surface area (Å²) in [6.45, 7) is 1.34. The third-order valence-electron chi connectivity index (χ3n) is 4.63. The van der Waals surface area contributed by atoms with Crippen LogP contribution < -0.4 is 0 Å². The van der Waals surface area contributed by atoms with Crippen molar-refractivity contribution in [3.05, 3.63) is 69.2 Å². The van der Waals surface area contributed by atoms with Crippen LogP contribution in [0.1, 0.15) is 15.9 Å². The Labute approximate surface area is 183 Å². The van der Waals surface area contributed by atoms with E-state index in [1.165, 1.54) is 4.90 Å². The summed E-state index contributed by atoms with van der Waals surface area (Å²) in [4.78, 5) is 28.2. The van der Waals surface area contributed by atoms with Gasteiger partial charge in [-0.25, -0.2) is 8.42 Å². The summed E-state index contributed by atoms with van der Waals surface area (Å²) in [7, 11) is -3.58. The molecule has 154 valence electrons. The van der Waals surface area contributed by atoms with Gasteiger partial charge in [0.15, 0.2) is 9.84 Å². The molecule has 0 spiro atoms. The number of carbonyl (C=O) groups excluding carboxylic acids is 2. The minimum absolute atomic E-state index is 0.129. The van der Waals surface area contributed by atoms with Crippen molar-refractivity contribution in [2.45, 2.75) is 5.75 Å². The number of rotatable bonds is 5. The molecular weight excluding hydrogens is 480 g/mol. The maximum atomic E-state index is 12.5. The Bertz CT molecular complexity index is 1000. The topological polar surface area (TPSA) is 74.8 Å². The van der Waals surface area contributed by atoms with Crippen LogP contribution in [0.25, 0.3) is 0 Å². The normalized spacial score (nSPS) is 14.7. The summed E-state index contributed by atoms with van der Waals surface area (Å²) in [5.41, 5.74) is 1.16. The number of amides is 2. The molecule has 0 bridgehead atoms. The van der Waals surface area contributed by atoms with Gasteiger partial charge < -0.3 is 9.80 Å². The van der Waals surface area contributed by atoms with Crippen LogP contribution in [0.15, 0.2) is 53.0 Å². The first-order chi connectivity index (χ1) is 13.7. The zero-order chi connectivity index (χ0) is 21.0. The van der Waals surface area contributed by atoms with Gasteiger partial charge in [0.25, 0.3) is 5.91 Å². The average Bonchev–Trinajstić information content (AvgIpc) is 2.67. The predicted octanol–water partition coefficient (Wildman–Crippen LogP) is 3.00. The molecule has 1 aliphatic heterocycles. The lowest BCUT2D eigenvalue weighted by atomic mass is 10.2. The van der Waals surface area contributed by atoms with Crippen molar-refractivity contribution < 1.29 is 18.0 Å². The molecule has 2 aromatic rings. The standard InChI is InChI=1S/C20H20BrClN2O4S/c21-17-3-1-2-15(12-17)13-29(27,28)14-19(25)23-8-10-24(11-9-23)20(26)16-4-6-18(22)7-5-16/h1-7,12H,8-11,13-14H2. The zero-order valence-electron chi connectivity index (χ0n) is 15.6. The predicted molar refractivity (Wildman–Crippen MR) is 116 cm³/mol. The van der Waals surface area contributed by atoms with E-state index in [9.17, 15) is 18.0 Å². The van der Waals surface area contributed by atoms with Crippen molar-refractivity contribution in [2.75, 3.05) is 31.9 Å². The molecule has 1 heterocycles. The Hall–Kier alpha value is -1.90. The Morgan fingerprint density at radius 3 is 2.21 bits per heavy atom. The van der Waals surface area contributed by atoms with Gasteiger partial charge in [-0.1, -0.05) is 39.7 Å². The van der Waals surface area contributed by atoms with E-state index in [4.69, 9.17) is 11.6 Å². The number of hydrogen-bond donors (Lipinski definition) is 0. The second-order valence-corrected chi connectivity index (χ2v) is 10.3. The lowest BCUT2D eigenvalue weighted by Gasteiger charge is -2.34. The number of sulfone groups is 1. The van der Waals surface area contributed by atoms with E-state index in [1.54, 1.807) is 47.4 Å². The van der Waals surface area contributed by atoms with Gasteiger partial charge in [0.2, 0.25) is 5.91 Å². The molecular formula is C20H20BrClN2O4S. The summed E-state index contributed by atoms with van der Waals surface area (Å²) in [6, 6.07) is 13.7. The first-order valence-electron chi connectivity index (χ1n) is 9.01. The van der Waals surface area contributed by atoms with Crippen molar-refractivity contribution in [1.29, 1.82) is 0 Å². The van der Waals surface area contributed by atoms with Crippen molar-refractivity contribution in [3.8, 4) is 0 Å². The maximum absolute atomic E-state index is 12.5. The molecule has 0 unspecified atom stereocenters. The molecule has 1 saturated heterocycles. The second kappa shape index (κ2) is 9.28. The van der Waals surface area contributed by atoms with Crippen LogP contribution in [-0.4, -0.2) is 62.0 Å². The average molecular weight is 500 g/mol. The van der Waals surface area contributed by atoms with Crippen LogP contribution in [-0.2, 0) is 20.4 Å². The first kappa shape index (κ1) is 21.8. The Balaban J connectivity index is 1.54. The van der Waals surface area contributed by atoms with Crippen molar-refractivity contribution in [3.63, 3.8) is 0 Å². The van der Waals surface area contributed by atoms with E-state index in [-0.39, 0.29) is 11.7 Å². The molecule has 9 heteroatoms. The van der Waals surface area contributed by atoms with Crippen molar-refractivity contribution in [2.24, 2.45) is 0 Å². The summed E-state index contributed by atoms with van der Waals surface area (Å²) >= 11 is 9.16. The molecule has 0 aliphatic carbocycles. The van der Waals surface area contributed by atoms with Gasteiger partial charge >= 0.3 is 0 Å². The highest BCUT2D eigenvalue weighted by atomic mass is 79.9. The van der Waals surface area contributed by atoms with Crippen molar-refractivity contribution >= 4 is 49.2 Å². The summed E-state index contributed by atoms with van der Waals surface area (Å²) in [6.07, 6.45) is 0. The molecule has 0 N–H and O–H groups in total. The smallest absolute Gasteiger partial charge is 0.253 e.